The summed E-state index contributed by atoms with van der Waals surface area (Å²) in [6.07, 6.45) is 0. The summed E-state index contributed by atoms with van der Waals surface area (Å²) in [6, 6.07) is 21.0. The molecule has 3 aromatic carbocycles. The van der Waals surface area contributed by atoms with Gasteiger partial charge in [-0.15, -0.1) is 0 Å². The van der Waals surface area contributed by atoms with Crippen molar-refractivity contribution in [1.29, 1.82) is 0 Å². The molecule has 0 aromatic heterocycles. The highest BCUT2D eigenvalue weighted by Gasteiger charge is 2.19. The van der Waals surface area contributed by atoms with Crippen molar-refractivity contribution in [3.8, 4) is 22.6 Å². The number of nitrogens with zero attached hydrogens (tertiary/aromatic N) is 1. The molecule has 25 heavy (non-hydrogen) atoms. The Labute approximate surface area is 145 Å². The molecule has 0 unspecified atom stereocenters. The molecule has 0 saturated carbocycles. The van der Waals surface area contributed by atoms with Crippen molar-refractivity contribution in [3.05, 3.63) is 72.8 Å². The minimum atomic E-state index is -0.689. The number of hydrogen-bond acceptors (Lipinski definition) is 3. The van der Waals surface area contributed by atoms with Crippen molar-refractivity contribution in [2.45, 2.75) is 0 Å². The lowest BCUT2D eigenvalue weighted by atomic mass is 10.0. The third-order valence-corrected chi connectivity index (χ3v) is 3.87. The van der Waals surface area contributed by atoms with Crippen LogP contribution in [0.2, 0.25) is 0 Å². The number of ether oxygens (including phenoxy) is 1. The van der Waals surface area contributed by atoms with Gasteiger partial charge in [0.05, 0.1) is 18.5 Å². The van der Waals surface area contributed by atoms with E-state index in [1.54, 1.807) is 49.6 Å². The van der Waals surface area contributed by atoms with E-state index in [4.69, 9.17) is 10.5 Å². The second kappa shape index (κ2) is 6.97. The summed E-state index contributed by atoms with van der Waals surface area (Å²) in [6.45, 7) is 0. The zero-order valence-corrected chi connectivity index (χ0v) is 13.7. The fourth-order valence-corrected chi connectivity index (χ4v) is 2.63. The van der Waals surface area contributed by atoms with E-state index in [0.29, 0.717) is 17.1 Å². The third-order valence-electron chi connectivity index (χ3n) is 3.87. The second-order valence-corrected chi connectivity index (χ2v) is 5.44. The predicted molar refractivity (Wildman–Crippen MR) is 98.3 cm³/mol. The quantitative estimate of drug-likeness (QED) is 0.747. The number of benzene rings is 3. The van der Waals surface area contributed by atoms with E-state index in [1.165, 1.54) is 4.90 Å². The predicted octanol–water partition coefficient (Wildman–Crippen LogP) is 4.28. The van der Waals surface area contributed by atoms with Crippen LogP contribution in [0.3, 0.4) is 0 Å². The van der Waals surface area contributed by atoms with Gasteiger partial charge in [-0.25, -0.2) is 4.79 Å². The Morgan fingerprint density at radius 1 is 0.960 bits per heavy atom. The molecule has 0 fully saturated rings. The Morgan fingerprint density at radius 2 is 1.64 bits per heavy atom. The highest BCUT2D eigenvalue weighted by Crippen LogP contribution is 2.37. The molecule has 3 N–H and O–H groups in total. The fraction of sp³-hybridized carbons (Fsp3) is 0.0500. The Bertz CT molecular complexity index is 877. The summed E-state index contributed by atoms with van der Waals surface area (Å²) in [4.78, 5) is 13.3. The molecule has 126 valence electrons. The van der Waals surface area contributed by atoms with Gasteiger partial charge in [0.1, 0.15) is 11.5 Å². The van der Waals surface area contributed by atoms with E-state index in [1.807, 2.05) is 30.3 Å². The number of urea groups is 1. The van der Waals surface area contributed by atoms with Crippen molar-refractivity contribution in [3.63, 3.8) is 0 Å². The van der Waals surface area contributed by atoms with E-state index in [9.17, 15) is 9.90 Å². The summed E-state index contributed by atoms with van der Waals surface area (Å²) < 4.78 is 5.13. The number of methoxy groups -OCH3 is 1. The van der Waals surface area contributed by atoms with Crippen molar-refractivity contribution in [2.24, 2.45) is 5.73 Å². The highest BCUT2D eigenvalue weighted by atomic mass is 16.5. The zero-order chi connectivity index (χ0) is 17.8. The molecule has 5 nitrogen and oxygen atoms in total. The molecule has 0 bridgehead atoms. The monoisotopic (exact) mass is 334 g/mol. The summed E-state index contributed by atoms with van der Waals surface area (Å²) in [7, 11) is 1.57. The SMILES string of the molecule is COc1ccc(N(C(N)=O)c2cc(-c3ccccc3)ccc2O)cc1. The molecule has 0 saturated heterocycles. The van der Waals surface area contributed by atoms with Gasteiger partial charge in [-0.2, -0.15) is 0 Å². The molecule has 0 spiro atoms. The van der Waals surface area contributed by atoms with Crippen LogP contribution in [0.15, 0.2) is 72.8 Å². The van der Waals surface area contributed by atoms with E-state index >= 15 is 0 Å². The zero-order valence-electron chi connectivity index (χ0n) is 13.7. The first kappa shape index (κ1) is 16.4. The minimum Gasteiger partial charge on any atom is -0.506 e. The van der Waals surface area contributed by atoms with Gasteiger partial charge >= 0.3 is 6.03 Å². The molecule has 0 aliphatic carbocycles. The van der Waals surface area contributed by atoms with E-state index in [2.05, 4.69) is 0 Å². The highest BCUT2D eigenvalue weighted by molar-refractivity contribution is 6.00. The van der Waals surface area contributed by atoms with Gasteiger partial charge in [-0.3, -0.25) is 4.90 Å². The van der Waals surface area contributed by atoms with Gasteiger partial charge in [-0.1, -0.05) is 36.4 Å². The first-order chi connectivity index (χ1) is 12.1. The number of anilines is 2. The van der Waals surface area contributed by atoms with Crippen LogP contribution in [0.25, 0.3) is 11.1 Å². The number of carbonyl (C=O) groups is 1. The first-order valence-corrected chi connectivity index (χ1v) is 7.72. The average molecular weight is 334 g/mol. The number of amides is 2. The van der Waals surface area contributed by atoms with Gasteiger partial charge in [0.25, 0.3) is 0 Å². The molecule has 5 heteroatoms. The van der Waals surface area contributed by atoms with Crippen molar-refractivity contribution >= 4 is 17.4 Å². The van der Waals surface area contributed by atoms with Gasteiger partial charge in [-0.05, 0) is 47.5 Å². The lowest BCUT2D eigenvalue weighted by Gasteiger charge is -2.22. The van der Waals surface area contributed by atoms with Gasteiger partial charge in [0, 0.05) is 0 Å². The van der Waals surface area contributed by atoms with Crippen LogP contribution in [0.5, 0.6) is 11.5 Å². The Morgan fingerprint density at radius 3 is 2.24 bits per heavy atom. The van der Waals surface area contributed by atoms with Gasteiger partial charge < -0.3 is 15.6 Å². The fourth-order valence-electron chi connectivity index (χ4n) is 2.63. The molecule has 0 aliphatic heterocycles. The first-order valence-electron chi connectivity index (χ1n) is 7.72. The topological polar surface area (TPSA) is 75.8 Å². The third kappa shape index (κ3) is 3.40. The van der Waals surface area contributed by atoms with E-state index < -0.39 is 6.03 Å². The number of phenolic OH excluding ortho intramolecular Hbond substituents is 1. The summed E-state index contributed by atoms with van der Waals surface area (Å²) in [5.41, 5.74) is 8.27. The van der Waals surface area contributed by atoms with Crippen molar-refractivity contribution < 1.29 is 14.6 Å². The number of primary amides is 1. The van der Waals surface area contributed by atoms with Gasteiger partial charge in [0.2, 0.25) is 0 Å². The maximum Gasteiger partial charge on any atom is 0.324 e. The lowest BCUT2D eigenvalue weighted by molar-refractivity contribution is 0.256. The molecule has 0 atom stereocenters. The minimum absolute atomic E-state index is 0.0331. The Hall–Kier alpha value is -3.47. The molecular weight excluding hydrogens is 316 g/mol. The largest absolute Gasteiger partial charge is 0.506 e. The average Bonchev–Trinajstić information content (AvgIpc) is 2.64. The normalized spacial score (nSPS) is 10.3. The maximum atomic E-state index is 12.1. The van der Waals surface area contributed by atoms with E-state index in [-0.39, 0.29) is 5.75 Å². The summed E-state index contributed by atoms with van der Waals surface area (Å²) in [5, 5.41) is 10.3. The Kier molecular flexibility index (Phi) is 4.57. The number of phenols is 1. The smallest absolute Gasteiger partial charge is 0.324 e. The number of nitrogens with two attached hydrogens (primary N) is 1. The van der Waals surface area contributed by atoms with Gasteiger partial charge in [0.15, 0.2) is 0 Å². The van der Waals surface area contributed by atoms with Crippen molar-refractivity contribution in [1.82, 2.24) is 0 Å². The molecule has 3 rings (SSSR count). The van der Waals surface area contributed by atoms with Crippen molar-refractivity contribution in [2.75, 3.05) is 12.0 Å². The molecule has 0 radical (unpaired) electrons. The van der Waals surface area contributed by atoms with Crippen LogP contribution in [0.1, 0.15) is 0 Å². The molecule has 0 heterocycles. The van der Waals surface area contributed by atoms with Crippen LogP contribution in [0, 0.1) is 0 Å². The number of hydrogen-bond donors (Lipinski definition) is 2. The van der Waals surface area contributed by atoms with Crippen LogP contribution < -0.4 is 15.4 Å². The standard InChI is InChI=1S/C20H18N2O3/c1-25-17-10-8-16(9-11-17)22(20(21)24)18-13-15(7-12-19(18)23)14-5-3-2-4-6-14/h2-13,23H,1H3,(H2,21,24). The summed E-state index contributed by atoms with van der Waals surface area (Å²) >= 11 is 0. The lowest BCUT2D eigenvalue weighted by Crippen LogP contribution is -2.31. The number of rotatable bonds is 4. The summed E-state index contributed by atoms with van der Waals surface area (Å²) in [5.74, 6) is 0.629. The second-order valence-electron chi connectivity index (χ2n) is 5.44. The maximum absolute atomic E-state index is 12.1. The van der Waals surface area contributed by atoms with Crippen LogP contribution in [0.4, 0.5) is 16.2 Å². The molecule has 2 amide bonds. The Balaban J connectivity index is 2.08. The number of carbonyl (C=O) groups excluding carboxylic acids is 1. The van der Waals surface area contributed by atoms with Crippen LogP contribution >= 0.6 is 0 Å². The van der Waals surface area contributed by atoms with Crippen LogP contribution in [-0.4, -0.2) is 18.2 Å². The molecule has 0 aliphatic rings. The molecular formula is C20H18N2O3. The van der Waals surface area contributed by atoms with E-state index in [0.717, 1.165) is 11.1 Å². The molecule has 3 aromatic rings. The number of aromatic hydroxyl groups is 1. The van der Waals surface area contributed by atoms with Crippen LogP contribution in [-0.2, 0) is 0 Å².